The van der Waals surface area contributed by atoms with Crippen molar-refractivity contribution >= 4 is 62.3 Å². The molecule has 0 saturated heterocycles. The van der Waals surface area contributed by atoms with Crippen LogP contribution in [-0.2, 0) is 26.2 Å². The zero-order valence-electron chi connectivity index (χ0n) is 21.3. The average molecular weight is 591 g/mol. The van der Waals surface area contributed by atoms with Gasteiger partial charge in [0.05, 0.1) is 11.9 Å². The number of amides is 2. The van der Waals surface area contributed by atoms with Crippen LogP contribution in [-0.4, -0.2) is 50.5 Å². The van der Waals surface area contributed by atoms with Crippen LogP contribution in [0.5, 0.6) is 0 Å². The number of nitrogens with zero attached hydrogens (tertiary/aromatic N) is 2. The molecule has 11 heteroatoms. The molecule has 0 bridgehead atoms. The minimum atomic E-state index is -3.61. The zero-order chi connectivity index (χ0) is 27.6. The predicted octanol–water partition coefficient (Wildman–Crippen LogP) is 5.92. The highest BCUT2D eigenvalue weighted by molar-refractivity contribution is 7.92. The largest absolute Gasteiger partial charge is 0.354 e. The quantitative estimate of drug-likeness (QED) is 0.277. The van der Waals surface area contributed by atoms with E-state index in [0.29, 0.717) is 39.3 Å². The maximum absolute atomic E-state index is 13.5. The summed E-state index contributed by atoms with van der Waals surface area (Å²) in [6, 6.07) is 10.9. The van der Waals surface area contributed by atoms with Gasteiger partial charge in [0.1, 0.15) is 6.04 Å². The molecular weight excluding hydrogens is 557 g/mol. The zero-order valence-corrected chi connectivity index (χ0v) is 24.4. The van der Waals surface area contributed by atoms with Crippen LogP contribution in [0.2, 0.25) is 15.1 Å². The van der Waals surface area contributed by atoms with E-state index in [4.69, 9.17) is 34.8 Å². The first-order valence-electron chi connectivity index (χ1n) is 12.2. The molecule has 2 rings (SSSR count). The number of nitrogens with one attached hydrogen (secondary N) is 1. The van der Waals surface area contributed by atoms with Gasteiger partial charge in [-0.25, -0.2) is 8.42 Å². The summed E-state index contributed by atoms with van der Waals surface area (Å²) < 4.78 is 26.1. The van der Waals surface area contributed by atoms with Gasteiger partial charge in [0, 0.05) is 46.7 Å². The summed E-state index contributed by atoms with van der Waals surface area (Å²) in [5, 5.41) is 4.11. The number of unbranched alkanes of at least 4 members (excludes halogenated alkanes) is 1. The average Bonchev–Trinajstić information content (AvgIpc) is 2.82. The summed E-state index contributed by atoms with van der Waals surface area (Å²) in [7, 11) is -3.61. The lowest BCUT2D eigenvalue weighted by molar-refractivity contribution is -0.141. The van der Waals surface area contributed by atoms with Crippen LogP contribution in [0.4, 0.5) is 5.69 Å². The van der Waals surface area contributed by atoms with Crippen molar-refractivity contribution < 1.29 is 18.0 Å². The molecule has 0 aliphatic carbocycles. The van der Waals surface area contributed by atoms with Gasteiger partial charge < -0.3 is 10.2 Å². The molecule has 7 nitrogen and oxygen atoms in total. The van der Waals surface area contributed by atoms with Gasteiger partial charge in [0.2, 0.25) is 21.8 Å². The predicted molar refractivity (Wildman–Crippen MR) is 152 cm³/mol. The second kappa shape index (κ2) is 14.8. The lowest BCUT2D eigenvalue weighted by Gasteiger charge is -2.31. The van der Waals surface area contributed by atoms with Gasteiger partial charge in [-0.05, 0) is 49.6 Å². The third-order valence-corrected chi connectivity index (χ3v) is 7.99. The van der Waals surface area contributed by atoms with Crippen molar-refractivity contribution in [2.45, 2.75) is 58.5 Å². The second-order valence-electron chi connectivity index (χ2n) is 8.71. The van der Waals surface area contributed by atoms with E-state index in [0.717, 1.165) is 19.1 Å². The normalized spacial score (nSPS) is 12.2. The Morgan fingerprint density at radius 1 is 1.00 bits per heavy atom. The van der Waals surface area contributed by atoms with Crippen LogP contribution in [0.3, 0.4) is 0 Å². The summed E-state index contributed by atoms with van der Waals surface area (Å²) in [5.74, 6) is -0.544. The van der Waals surface area contributed by atoms with Gasteiger partial charge in [0.15, 0.2) is 0 Å². The summed E-state index contributed by atoms with van der Waals surface area (Å²) in [6.07, 6.45) is 3.51. The van der Waals surface area contributed by atoms with E-state index in [-0.39, 0.29) is 37.7 Å². The van der Waals surface area contributed by atoms with E-state index < -0.39 is 16.1 Å². The molecule has 0 fully saturated rings. The minimum Gasteiger partial charge on any atom is -0.354 e. The Morgan fingerprint density at radius 2 is 1.65 bits per heavy atom. The van der Waals surface area contributed by atoms with Crippen molar-refractivity contribution in [1.82, 2.24) is 10.2 Å². The Kier molecular flexibility index (Phi) is 12.5. The molecule has 0 aromatic heterocycles. The highest BCUT2D eigenvalue weighted by Crippen LogP contribution is 2.28. The number of anilines is 1. The van der Waals surface area contributed by atoms with Crippen LogP contribution in [0, 0.1) is 0 Å². The fraction of sp³-hybridized carbons (Fsp3) is 0.462. The first-order valence-corrected chi connectivity index (χ1v) is 15.2. The van der Waals surface area contributed by atoms with Crippen molar-refractivity contribution in [1.29, 1.82) is 0 Å². The van der Waals surface area contributed by atoms with Gasteiger partial charge in [-0.2, -0.15) is 0 Å². The van der Waals surface area contributed by atoms with Crippen LogP contribution in [0.15, 0.2) is 42.5 Å². The number of rotatable bonds is 14. The molecule has 0 heterocycles. The van der Waals surface area contributed by atoms with Crippen molar-refractivity contribution in [3.63, 3.8) is 0 Å². The number of sulfonamides is 1. The molecule has 2 aromatic rings. The Balaban J connectivity index is 2.25. The van der Waals surface area contributed by atoms with Crippen molar-refractivity contribution in [2.75, 3.05) is 23.7 Å². The van der Waals surface area contributed by atoms with E-state index in [1.165, 1.54) is 9.21 Å². The van der Waals surface area contributed by atoms with Crippen LogP contribution in [0.1, 0.15) is 51.5 Å². The number of hydrogen-bond acceptors (Lipinski definition) is 4. The van der Waals surface area contributed by atoms with Crippen LogP contribution >= 0.6 is 34.8 Å². The minimum absolute atomic E-state index is 0.0212. The molecule has 37 heavy (non-hydrogen) atoms. The van der Waals surface area contributed by atoms with Gasteiger partial charge in [-0.1, -0.05) is 67.2 Å². The summed E-state index contributed by atoms with van der Waals surface area (Å²) in [5.41, 5.74) is 0.972. The molecule has 204 valence electrons. The highest BCUT2D eigenvalue weighted by atomic mass is 35.5. The highest BCUT2D eigenvalue weighted by Gasteiger charge is 2.29. The van der Waals surface area contributed by atoms with Gasteiger partial charge in [-0.3, -0.25) is 13.9 Å². The Morgan fingerprint density at radius 3 is 2.22 bits per heavy atom. The molecular formula is C26H34Cl3N3O4S. The van der Waals surface area contributed by atoms with E-state index in [9.17, 15) is 18.0 Å². The molecule has 0 aliphatic heterocycles. The molecule has 2 aromatic carbocycles. The molecule has 1 atom stereocenters. The topological polar surface area (TPSA) is 86.8 Å². The van der Waals surface area contributed by atoms with Gasteiger partial charge in [0.25, 0.3) is 0 Å². The lowest BCUT2D eigenvalue weighted by atomic mass is 10.1. The SMILES string of the molecule is CCCCNC(=O)C(CC)N(Cc1c(Cl)cccc1Cl)C(=O)CCCN(c1cccc(Cl)c1)S(C)(=O)=O. The number of carbonyl (C=O) groups is 2. The third-order valence-electron chi connectivity index (χ3n) is 5.85. The smallest absolute Gasteiger partial charge is 0.242 e. The van der Waals surface area contributed by atoms with Crippen molar-refractivity contribution in [3.05, 3.63) is 63.1 Å². The van der Waals surface area contributed by atoms with Gasteiger partial charge >= 0.3 is 0 Å². The standard InChI is InChI=1S/C26H34Cl3N3O4S/c1-4-6-15-30-26(34)24(5-2)31(18-21-22(28)12-8-13-23(21)29)25(33)14-9-16-32(37(3,35)36)20-11-7-10-19(27)17-20/h7-8,10-13,17,24H,4-6,9,14-16,18H2,1-3H3,(H,30,34). The monoisotopic (exact) mass is 589 g/mol. The second-order valence-corrected chi connectivity index (χ2v) is 11.9. The van der Waals surface area contributed by atoms with E-state index in [2.05, 4.69) is 5.32 Å². The Hall–Kier alpha value is -2.00. The molecule has 0 aliphatic rings. The molecule has 0 radical (unpaired) electrons. The van der Waals surface area contributed by atoms with Crippen LogP contribution < -0.4 is 9.62 Å². The molecule has 2 amide bonds. The molecule has 0 spiro atoms. The van der Waals surface area contributed by atoms with Crippen LogP contribution in [0.25, 0.3) is 0 Å². The number of benzene rings is 2. The number of carbonyl (C=O) groups excluding carboxylic acids is 2. The lowest BCUT2D eigenvalue weighted by Crippen LogP contribution is -2.49. The summed E-state index contributed by atoms with van der Waals surface area (Å²) >= 11 is 18.8. The van der Waals surface area contributed by atoms with Crippen molar-refractivity contribution in [2.24, 2.45) is 0 Å². The first-order chi connectivity index (χ1) is 17.5. The van der Waals surface area contributed by atoms with E-state index in [1.54, 1.807) is 42.5 Å². The molecule has 0 saturated carbocycles. The maximum Gasteiger partial charge on any atom is 0.242 e. The third kappa shape index (κ3) is 9.36. The fourth-order valence-corrected chi connectivity index (χ4v) is 5.57. The first kappa shape index (κ1) is 31.2. The molecule has 1 N–H and O–H groups in total. The van der Waals surface area contributed by atoms with E-state index in [1.807, 2.05) is 13.8 Å². The van der Waals surface area contributed by atoms with E-state index >= 15 is 0 Å². The fourth-order valence-electron chi connectivity index (χ4n) is 3.91. The van der Waals surface area contributed by atoms with Gasteiger partial charge in [-0.15, -0.1) is 0 Å². The number of halogens is 3. The number of hydrogen-bond donors (Lipinski definition) is 1. The maximum atomic E-state index is 13.5. The summed E-state index contributed by atoms with van der Waals surface area (Å²) in [4.78, 5) is 28.0. The Labute approximate surface area is 235 Å². The van der Waals surface area contributed by atoms with Crippen molar-refractivity contribution in [3.8, 4) is 0 Å². The Bertz CT molecular complexity index is 1160. The summed E-state index contributed by atoms with van der Waals surface area (Å²) in [6.45, 7) is 4.51. The molecule has 1 unspecified atom stereocenters.